The molecule has 1 aliphatic rings. The first kappa shape index (κ1) is 12.5. The third kappa shape index (κ3) is 3.47. The smallest absolute Gasteiger partial charge is 0.322 e. The van der Waals surface area contributed by atoms with Crippen LogP contribution in [-0.2, 0) is 9.53 Å². The largest absolute Gasteiger partial charge is 0.468 e. The molecule has 2 atom stereocenters. The SMILES string of the molecule is CCC(NCC1CCCN1C)C(=O)OC. The quantitative estimate of drug-likeness (QED) is 0.681. The minimum atomic E-state index is -0.154. The molecular formula is C11H22N2O2. The first-order valence-electron chi connectivity index (χ1n) is 5.70. The van der Waals surface area contributed by atoms with Gasteiger partial charge in [0.05, 0.1) is 7.11 Å². The van der Waals surface area contributed by atoms with E-state index in [0.29, 0.717) is 6.04 Å². The number of hydrogen-bond acceptors (Lipinski definition) is 4. The first-order valence-corrected chi connectivity index (χ1v) is 5.70. The second-order valence-electron chi connectivity index (χ2n) is 4.17. The predicted octanol–water partition coefficient (Wildman–Crippen LogP) is 0.622. The molecule has 0 aromatic rings. The average Bonchev–Trinajstić information content (AvgIpc) is 2.65. The molecule has 1 rings (SSSR count). The van der Waals surface area contributed by atoms with Crippen molar-refractivity contribution in [2.24, 2.45) is 0 Å². The second-order valence-corrected chi connectivity index (χ2v) is 4.17. The molecule has 88 valence electrons. The Labute approximate surface area is 92.0 Å². The van der Waals surface area contributed by atoms with Crippen LogP contribution in [0.3, 0.4) is 0 Å². The van der Waals surface area contributed by atoms with E-state index in [4.69, 9.17) is 4.74 Å². The zero-order valence-electron chi connectivity index (χ0n) is 9.95. The van der Waals surface area contributed by atoms with E-state index in [1.807, 2.05) is 6.92 Å². The highest BCUT2D eigenvalue weighted by atomic mass is 16.5. The molecule has 0 aromatic carbocycles. The van der Waals surface area contributed by atoms with Gasteiger partial charge in [-0.3, -0.25) is 4.79 Å². The summed E-state index contributed by atoms with van der Waals surface area (Å²) in [4.78, 5) is 13.7. The zero-order valence-corrected chi connectivity index (χ0v) is 9.95. The second kappa shape index (κ2) is 6.08. The van der Waals surface area contributed by atoms with Gasteiger partial charge in [0, 0.05) is 12.6 Å². The summed E-state index contributed by atoms with van der Waals surface area (Å²) >= 11 is 0. The van der Waals surface area contributed by atoms with Crippen LogP contribution >= 0.6 is 0 Å². The van der Waals surface area contributed by atoms with Gasteiger partial charge in [-0.2, -0.15) is 0 Å². The summed E-state index contributed by atoms with van der Waals surface area (Å²) in [6.07, 6.45) is 3.27. The number of hydrogen-bond donors (Lipinski definition) is 1. The van der Waals surface area contributed by atoms with Crippen molar-refractivity contribution in [2.45, 2.75) is 38.3 Å². The molecule has 0 saturated carbocycles. The van der Waals surface area contributed by atoms with Gasteiger partial charge in [-0.25, -0.2) is 0 Å². The molecule has 0 aliphatic carbocycles. The van der Waals surface area contributed by atoms with Gasteiger partial charge >= 0.3 is 5.97 Å². The topological polar surface area (TPSA) is 41.6 Å². The van der Waals surface area contributed by atoms with Crippen molar-refractivity contribution in [1.29, 1.82) is 0 Å². The summed E-state index contributed by atoms with van der Waals surface area (Å²) in [6.45, 7) is 4.04. The van der Waals surface area contributed by atoms with Crippen molar-refractivity contribution in [3.63, 3.8) is 0 Å². The van der Waals surface area contributed by atoms with Gasteiger partial charge in [-0.15, -0.1) is 0 Å². The van der Waals surface area contributed by atoms with E-state index in [9.17, 15) is 4.79 Å². The number of nitrogens with one attached hydrogen (secondary N) is 1. The van der Waals surface area contributed by atoms with Crippen molar-refractivity contribution < 1.29 is 9.53 Å². The lowest BCUT2D eigenvalue weighted by atomic mass is 10.2. The van der Waals surface area contributed by atoms with E-state index < -0.39 is 0 Å². The standard InChI is InChI=1S/C11H22N2O2/c1-4-10(11(14)15-3)12-8-9-6-5-7-13(9)2/h9-10,12H,4-8H2,1-3H3. The third-order valence-corrected chi connectivity index (χ3v) is 3.17. The Hall–Kier alpha value is -0.610. The van der Waals surface area contributed by atoms with Crippen LogP contribution in [0.2, 0.25) is 0 Å². The molecule has 4 nitrogen and oxygen atoms in total. The number of esters is 1. The Morgan fingerprint density at radius 1 is 1.67 bits per heavy atom. The number of ether oxygens (including phenoxy) is 1. The molecule has 0 aromatic heterocycles. The highest BCUT2D eigenvalue weighted by Crippen LogP contribution is 2.13. The van der Waals surface area contributed by atoms with E-state index >= 15 is 0 Å². The first-order chi connectivity index (χ1) is 7.19. The van der Waals surface area contributed by atoms with Crippen LogP contribution in [0.1, 0.15) is 26.2 Å². The molecule has 4 heteroatoms. The molecule has 0 spiro atoms. The van der Waals surface area contributed by atoms with Crippen molar-refractivity contribution in [3.8, 4) is 0 Å². The minimum absolute atomic E-state index is 0.149. The van der Waals surface area contributed by atoms with Gasteiger partial charge in [0.2, 0.25) is 0 Å². The number of methoxy groups -OCH3 is 1. The summed E-state index contributed by atoms with van der Waals surface area (Å²) in [7, 11) is 3.58. The normalized spacial score (nSPS) is 24.1. The third-order valence-electron chi connectivity index (χ3n) is 3.17. The highest BCUT2D eigenvalue weighted by Gasteiger charge is 2.23. The van der Waals surface area contributed by atoms with E-state index in [2.05, 4.69) is 17.3 Å². The highest BCUT2D eigenvalue weighted by molar-refractivity contribution is 5.75. The van der Waals surface area contributed by atoms with E-state index in [1.54, 1.807) is 0 Å². The molecule has 1 saturated heterocycles. The summed E-state index contributed by atoms with van der Waals surface area (Å²) < 4.78 is 4.73. The zero-order chi connectivity index (χ0) is 11.3. The van der Waals surface area contributed by atoms with Gasteiger partial charge in [-0.05, 0) is 32.9 Å². The van der Waals surface area contributed by atoms with Gasteiger partial charge in [-0.1, -0.05) is 6.92 Å². The van der Waals surface area contributed by atoms with Crippen molar-refractivity contribution in [3.05, 3.63) is 0 Å². The summed E-state index contributed by atoms with van der Waals surface area (Å²) in [5, 5.41) is 3.28. The van der Waals surface area contributed by atoms with Gasteiger partial charge in [0.15, 0.2) is 0 Å². The van der Waals surface area contributed by atoms with Crippen LogP contribution in [0.4, 0.5) is 0 Å². The number of carbonyl (C=O) groups is 1. The Kier molecular flexibility index (Phi) is 5.05. The predicted molar refractivity (Wildman–Crippen MR) is 59.7 cm³/mol. The van der Waals surface area contributed by atoms with Crippen LogP contribution in [0, 0.1) is 0 Å². The fraction of sp³-hybridized carbons (Fsp3) is 0.909. The minimum Gasteiger partial charge on any atom is -0.468 e. The van der Waals surface area contributed by atoms with E-state index in [1.165, 1.54) is 26.5 Å². The molecule has 2 unspecified atom stereocenters. The number of rotatable bonds is 5. The van der Waals surface area contributed by atoms with Crippen LogP contribution < -0.4 is 5.32 Å². The molecule has 0 bridgehead atoms. The lowest BCUT2D eigenvalue weighted by Crippen LogP contribution is -2.44. The van der Waals surface area contributed by atoms with Crippen LogP contribution in [0.15, 0.2) is 0 Å². The van der Waals surface area contributed by atoms with Crippen LogP contribution in [0.25, 0.3) is 0 Å². The number of likely N-dealkylation sites (N-methyl/N-ethyl adjacent to an activating group) is 1. The molecule has 1 aliphatic heterocycles. The fourth-order valence-electron chi connectivity index (χ4n) is 2.05. The summed E-state index contributed by atoms with van der Waals surface area (Å²) in [6, 6.07) is 0.424. The lowest BCUT2D eigenvalue weighted by Gasteiger charge is -2.22. The van der Waals surface area contributed by atoms with Crippen molar-refractivity contribution >= 4 is 5.97 Å². The maximum atomic E-state index is 11.3. The molecule has 0 amide bonds. The Morgan fingerprint density at radius 2 is 2.40 bits per heavy atom. The number of nitrogens with zero attached hydrogens (tertiary/aromatic N) is 1. The average molecular weight is 214 g/mol. The van der Waals surface area contributed by atoms with Gasteiger partial charge in [0.1, 0.15) is 6.04 Å². The Balaban J connectivity index is 2.30. The maximum Gasteiger partial charge on any atom is 0.322 e. The van der Waals surface area contributed by atoms with Gasteiger partial charge < -0.3 is 15.0 Å². The molecule has 15 heavy (non-hydrogen) atoms. The maximum absolute atomic E-state index is 11.3. The number of carbonyl (C=O) groups excluding carboxylic acids is 1. The molecular weight excluding hydrogens is 192 g/mol. The Morgan fingerprint density at radius 3 is 2.87 bits per heavy atom. The fourth-order valence-corrected chi connectivity index (χ4v) is 2.05. The summed E-state index contributed by atoms with van der Waals surface area (Å²) in [5.41, 5.74) is 0. The van der Waals surface area contributed by atoms with E-state index in [0.717, 1.165) is 13.0 Å². The Bertz CT molecular complexity index is 209. The van der Waals surface area contributed by atoms with Crippen LogP contribution in [-0.4, -0.2) is 50.2 Å². The number of likely N-dealkylation sites (tertiary alicyclic amines) is 1. The summed E-state index contributed by atoms with van der Waals surface area (Å²) in [5.74, 6) is -0.154. The molecule has 1 N–H and O–H groups in total. The molecule has 0 radical (unpaired) electrons. The molecule has 1 fully saturated rings. The van der Waals surface area contributed by atoms with Crippen molar-refractivity contribution in [1.82, 2.24) is 10.2 Å². The monoisotopic (exact) mass is 214 g/mol. The van der Waals surface area contributed by atoms with Crippen molar-refractivity contribution in [2.75, 3.05) is 27.2 Å². The molecule has 1 heterocycles. The van der Waals surface area contributed by atoms with Crippen LogP contribution in [0.5, 0.6) is 0 Å². The van der Waals surface area contributed by atoms with Gasteiger partial charge in [0.25, 0.3) is 0 Å². The van der Waals surface area contributed by atoms with E-state index in [-0.39, 0.29) is 12.0 Å². The lowest BCUT2D eigenvalue weighted by molar-refractivity contribution is -0.143.